The summed E-state index contributed by atoms with van der Waals surface area (Å²) in [6.45, 7) is 8.40. The number of benzene rings is 6. The van der Waals surface area contributed by atoms with Crippen LogP contribution in [0.1, 0.15) is 122 Å². The zero-order chi connectivity index (χ0) is 89.5. The first-order valence-electron chi connectivity index (χ1n) is 38.6. The maximum atomic E-state index is 16.2. The van der Waals surface area contributed by atoms with Crippen LogP contribution in [0.3, 0.4) is 0 Å². The highest BCUT2D eigenvalue weighted by Gasteiger charge is 2.53. The molecule has 6 aromatic rings. The van der Waals surface area contributed by atoms with Gasteiger partial charge in [0.05, 0.1) is 60.6 Å². The smallest absolute Gasteiger partial charge is 0.412 e. The van der Waals surface area contributed by atoms with Gasteiger partial charge < -0.3 is 152 Å². The second kappa shape index (κ2) is 39.4. The number of aryl methyl sites for hydroxylation is 2. The highest BCUT2D eigenvalue weighted by Crippen LogP contribution is 2.50. The van der Waals surface area contributed by atoms with Gasteiger partial charge in [-0.05, 0) is 153 Å². The minimum atomic E-state index is -2.41. The molecule has 0 aromatic heterocycles. The first-order valence-corrected chi connectivity index (χ1v) is 39.4. The Morgan fingerprint density at radius 3 is 1.92 bits per heavy atom. The summed E-state index contributed by atoms with van der Waals surface area (Å²) in [7, 11) is 1.46. The lowest BCUT2D eigenvalue weighted by molar-refractivity contribution is -0.334. The number of likely N-dealkylation sites (N-methyl/N-ethyl adjacent to an activating group) is 1. The van der Waals surface area contributed by atoms with Crippen molar-refractivity contribution in [2.45, 2.75) is 177 Å². The molecule has 9 unspecified atom stereocenters. The van der Waals surface area contributed by atoms with Crippen LogP contribution in [0.25, 0.3) is 11.1 Å². The van der Waals surface area contributed by atoms with Gasteiger partial charge in [-0.15, -0.1) is 0 Å². The minimum absolute atomic E-state index is 0.0759. The van der Waals surface area contributed by atoms with E-state index in [-0.39, 0.29) is 62.2 Å². The van der Waals surface area contributed by atoms with Gasteiger partial charge in [0.15, 0.2) is 29.9 Å². The molecule has 0 aliphatic carbocycles. The Labute approximate surface area is 710 Å². The number of carbonyl (C=O) groups excluding carboxylic acids is 9. The van der Waals surface area contributed by atoms with E-state index in [1.807, 2.05) is 0 Å². The summed E-state index contributed by atoms with van der Waals surface area (Å²) in [5, 5.41) is 147. The quantitative estimate of drug-likeness (QED) is 0.0431. The van der Waals surface area contributed by atoms with Crippen molar-refractivity contribution in [2.24, 2.45) is 11.7 Å². The molecule has 9 amide bonds. The molecule has 40 nitrogen and oxygen atoms in total. The number of rotatable bonds is 22. The number of phenols is 3. The van der Waals surface area contributed by atoms with Gasteiger partial charge in [-0.3, -0.25) is 33.6 Å². The van der Waals surface area contributed by atoms with Crippen LogP contribution in [-0.2, 0) is 68.6 Å². The molecule has 0 saturated carbocycles. The Kier molecular flexibility index (Phi) is 29.5. The van der Waals surface area contributed by atoms with Gasteiger partial charge in [0.1, 0.15) is 108 Å². The second-order valence-electron chi connectivity index (χ2n) is 30.5. The number of aromatic hydroxyl groups is 3. The van der Waals surface area contributed by atoms with Gasteiger partial charge in [0.25, 0.3) is 0 Å². The summed E-state index contributed by atoms with van der Waals surface area (Å²) in [5.74, 6) is -16.5. The van der Waals surface area contributed by atoms with E-state index in [4.69, 9.17) is 76.7 Å². The van der Waals surface area contributed by atoms with Gasteiger partial charge in [-0.1, -0.05) is 55.2 Å². The molecule has 7 heterocycles. The van der Waals surface area contributed by atoms with Crippen LogP contribution < -0.4 is 72.5 Å². The van der Waals surface area contributed by atoms with Crippen LogP contribution in [0.2, 0.25) is 10.0 Å². The van der Waals surface area contributed by atoms with Crippen LogP contribution in [0.15, 0.2) is 91.0 Å². The molecule has 662 valence electrons. The van der Waals surface area contributed by atoms with Gasteiger partial charge in [-0.25, -0.2) is 14.4 Å². The molecule has 2 fully saturated rings. The number of fused-ring (bicyclic) bond motifs is 15. The Morgan fingerprint density at radius 1 is 0.683 bits per heavy atom. The van der Waals surface area contributed by atoms with E-state index >= 15 is 14.4 Å². The van der Waals surface area contributed by atoms with Crippen molar-refractivity contribution in [1.29, 1.82) is 0 Å². The molecule has 7 aliphatic heterocycles. The molecular formula is C81H94Cl2N10O30. The lowest BCUT2D eigenvalue weighted by Gasteiger charge is -2.48. The number of amides is 9. The normalized spacial score (nSPS) is 26.1. The number of ether oxygens (including phenoxy) is 9. The molecule has 123 heavy (non-hydrogen) atoms. The summed E-state index contributed by atoms with van der Waals surface area (Å²) in [6.07, 6.45) is -22.4. The van der Waals surface area contributed by atoms with E-state index in [9.17, 15) is 84.6 Å². The summed E-state index contributed by atoms with van der Waals surface area (Å²) >= 11 is 14.3. The van der Waals surface area contributed by atoms with Crippen molar-refractivity contribution in [3.8, 4) is 62.9 Å². The predicted octanol–water partition coefficient (Wildman–Crippen LogP) is 1.79. The fraction of sp³-hybridized carbons (Fsp3) is 0.432. The maximum absolute atomic E-state index is 16.2. The van der Waals surface area contributed by atoms with Crippen LogP contribution in [0, 0.1) is 19.8 Å². The van der Waals surface area contributed by atoms with Crippen molar-refractivity contribution < 1.29 is 147 Å². The van der Waals surface area contributed by atoms with Crippen molar-refractivity contribution in [1.82, 2.24) is 47.9 Å². The third kappa shape index (κ3) is 21.2. The fourth-order valence-electron chi connectivity index (χ4n) is 14.8. The zero-order valence-corrected chi connectivity index (χ0v) is 68.4. The Balaban J connectivity index is 1.05. The number of aliphatic hydroxyl groups is 7. The Hall–Kier alpha value is -11.5. The number of carboxylic acids is 1. The highest BCUT2D eigenvalue weighted by molar-refractivity contribution is 6.32. The topological polar surface area (TPSA) is 611 Å². The predicted molar refractivity (Wildman–Crippen MR) is 426 cm³/mol. The van der Waals surface area contributed by atoms with Crippen LogP contribution in [-0.4, -0.2) is 235 Å². The number of aliphatic carboxylic acids is 1. The summed E-state index contributed by atoms with van der Waals surface area (Å²) in [4.78, 5) is 145. The number of aliphatic hydroxyl groups excluding tert-OH is 7. The first-order chi connectivity index (χ1) is 58.3. The van der Waals surface area contributed by atoms with E-state index in [0.717, 1.165) is 72.8 Å². The number of hydrogen-bond acceptors (Lipinski definition) is 30. The van der Waals surface area contributed by atoms with E-state index in [1.165, 1.54) is 27.0 Å². The van der Waals surface area contributed by atoms with E-state index < -0.39 is 272 Å². The second-order valence-corrected chi connectivity index (χ2v) is 31.4. The molecule has 42 heteroatoms. The van der Waals surface area contributed by atoms with Crippen molar-refractivity contribution in [3.05, 3.63) is 146 Å². The number of primary amides is 1. The van der Waals surface area contributed by atoms with E-state index in [2.05, 4.69) is 47.9 Å². The van der Waals surface area contributed by atoms with E-state index in [1.54, 1.807) is 39.8 Å². The Morgan fingerprint density at radius 2 is 1.31 bits per heavy atom. The molecule has 11 bridgehead atoms. The van der Waals surface area contributed by atoms with Gasteiger partial charge in [-0.2, -0.15) is 0 Å². The van der Waals surface area contributed by atoms with Crippen molar-refractivity contribution in [3.63, 3.8) is 0 Å². The Bertz CT molecular complexity index is 5000. The number of halogens is 2. The van der Waals surface area contributed by atoms with Crippen LogP contribution in [0.5, 0.6) is 51.7 Å². The SMILES string of the molecule is CN[C@H](CC(C)C)C(=O)N[C@H]1C(=O)N[C@@H](CC(N)=O)C(=O)N[C@H]2C(=O)N[C@H]3C(=O)N[C@H](C(=O)N[C@H](C(=O)O)c4cc(O)cc(O)c4-c4cc3ccc4O)[C@H](O)c3ccc(c(Cl)c3)Oc3cc2cc(c3OC2OC(CO)C(O)C(O)C2OC2CC(C)(NC(=O)OCc3cc(C)c(OC(=O)NCCOCCO)c(C)c3)C(O)C(C)O2)Oc2ccc(cc2Cl)[C@H]1O. The molecule has 13 rings (SSSR count). The van der Waals surface area contributed by atoms with Crippen LogP contribution >= 0.6 is 23.2 Å². The number of phenolic OH excluding ortho intramolecular Hbond substituents is 3. The standard InChI is InChI=1S/C81H94Cl2N10O30/c1-32(2)18-46(85-7)71(105)91-61-63(100)38-9-12-50(44(82)22-38)118-52-24-40-25-53(68(52)122-78-69(66(103)65(102)54(30-95)120-78)121-56-29-81(6,70(104)35(5)117-56)93-80(114)116-31-36-19-33(3)67(34(4)20-36)123-79(113)86-14-16-115-17-15-94)119-51-13-10-39(23-45(51)83)64(101)62-76(110)90-60(77(111)112)43-26-41(96)27-49(98)57(43)42-21-37(8-11-48(42)97)58(73(107)92-62)89-74(108)59(40)88-72(106)47(28-55(84)99)87-75(61)109/h8-13,19-27,32,35,46-47,54,56,58-66,69-70,78,85,94-98,100-104H,14-18,28-31H2,1-7H3,(H2,84,99)(H,86,113)(H,87,109)(H,88,106)(H,89,108)(H,90,110)(H,91,105)(H,92,107)(H,93,114)(H,111,112)/t35?,46-,47+,54?,56?,58-,59-,60+,61-,62+,63-,64-,65?,66?,69?,70?,78?,81?/m1/s1. The van der Waals surface area contributed by atoms with Gasteiger partial charge in [0.2, 0.25) is 53.4 Å². The molecular weight excluding hydrogens is 1660 g/mol. The molecule has 0 radical (unpaired) electrons. The first kappa shape index (κ1) is 92.2. The highest BCUT2D eigenvalue weighted by atomic mass is 35.5. The summed E-state index contributed by atoms with van der Waals surface area (Å²) in [6, 6.07) is 1.87. The summed E-state index contributed by atoms with van der Waals surface area (Å²) in [5.41, 5.74) is 2.36. The lowest BCUT2D eigenvalue weighted by Crippen LogP contribution is -2.66. The monoisotopic (exact) mass is 1760 g/mol. The van der Waals surface area contributed by atoms with E-state index in [0.29, 0.717) is 16.7 Å². The van der Waals surface area contributed by atoms with Gasteiger partial charge >= 0.3 is 18.2 Å². The number of nitrogens with two attached hydrogens (primary N) is 1. The molecule has 7 aliphatic rings. The molecule has 22 N–H and O–H groups in total. The molecule has 6 aromatic carbocycles. The van der Waals surface area contributed by atoms with Crippen LogP contribution in [0.4, 0.5) is 9.59 Å². The number of alkyl carbamates (subject to hydrolysis) is 1. The average molecular weight is 1760 g/mol. The maximum Gasteiger partial charge on any atom is 0.412 e. The average Bonchev–Trinajstić information content (AvgIpc) is 0.755. The molecule has 0 spiro atoms. The molecule has 18 atom stereocenters. The zero-order valence-electron chi connectivity index (χ0n) is 66.9. The lowest BCUT2D eigenvalue weighted by atomic mass is 9.85. The number of nitrogens with one attached hydrogen (secondary N) is 9. The number of carbonyl (C=O) groups is 10. The third-order valence-electron chi connectivity index (χ3n) is 21.0. The number of hydrogen-bond donors (Lipinski definition) is 21. The fourth-order valence-corrected chi connectivity index (χ4v) is 15.3. The summed E-state index contributed by atoms with van der Waals surface area (Å²) < 4.78 is 55.4. The molecule has 2 saturated heterocycles. The number of carboxylic acid groups (broad SMARTS) is 1. The largest absolute Gasteiger partial charge is 0.508 e. The minimum Gasteiger partial charge on any atom is -0.508 e. The third-order valence-corrected chi connectivity index (χ3v) is 21.5. The van der Waals surface area contributed by atoms with Gasteiger partial charge in [0, 0.05) is 35.7 Å². The van der Waals surface area contributed by atoms with Crippen molar-refractivity contribution >= 4 is 82.7 Å². The van der Waals surface area contributed by atoms with Crippen molar-refractivity contribution in [2.75, 3.05) is 40.0 Å².